The Balaban J connectivity index is 2.12. The molecule has 0 aromatic carbocycles. The van der Waals surface area contributed by atoms with Crippen molar-refractivity contribution in [3.8, 4) is 0 Å². The van der Waals surface area contributed by atoms with E-state index < -0.39 is 0 Å². The Labute approximate surface area is 79.2 Å². The summed E-state index contributed by atoms with van der Waals surface area (Å²) in [5.74, 6) is -0.0427. The smallest absolute Gasteiger partial charge is 0.243 e. The third-order valence-electron chi connectivity index (χ3n) is 2.33. The second-order valence-electron chi connectivity index (χ2n) is 3.50. The number of likely N-dealkylation sites (tertiary alicyclic amines) is 1. The molecule has 0 radical (unpaired) electrons. The van der Waals surface area contributed by atoms with Gasteiger partial charge in [-0.25, -0.2) is 5.48 Å². The highest BCUT2D eigenvalue weighted by Gasteiger charge is 2.17. The van der Waals surface area contributed by atoms with Crippen LogP contribution in [0.15, 0.2) is 0 Å². The molecule has 0 spiro atoms. The maximum Gasteiger partial charge on any atom is 0.243 e. The molecule has 0 aromatic rings. The average Bonchev–Trinajstić information content (AvgIpc) is 2.16. The highest BCUT2D eigenvalue weighted by atomic mass is 16.7. The maximum absolute atomic E-state index is 10.9. The fourth-order valence-electron chi connectivity index (χ4n) is 1.32. The highest BCUT2D eigenvalue weighted by Crippen LogP contribution is 2.10. The molecule has 0 unspecified atom stereocenters. The van der Waals surface area contributed by atoms with E-state index in [2.05, 4.69) is 17.4 Å². The van der Waals surface area contributed by atoms with Crippen molar-refractivity contribution >= 4 is 5.91 Å². The molecule has 1 amide bonds. The van der Waals surface area contributed by atoms with E-state index in [0.717, 1.165) is 25.9 Å². The Morgan fingerprint density at radius 2 is 2.15 bits per heavy atom. The van der Waals surface area contributed by atoms with Crippen LogP contribution < -0.4 is 5.48 Å². The number of piperidine rings is 1. The molecule has 0 bridgehead atoms. The molecule has 1 rings (SSSR count). The van der Waals surface area contributed by atoms with E-state index in [9.17, 15) is 4.79 Å². The Bertz CT molecular complexity index is 165. The zero-order chi connectivity index (χ0) is 9.68. The summed E-state index contributed by atoms with van der Waals surface area (Å²) < 4.78 is 0. The zero-order valence-corrected chi connectivity index (χ0v) is 8.38. The van der Waals surface area contributed by atoms with Crippen molar-refractivity contribution in [2.24, 2.45) is 0 Å². The average molecular weight is 186 g/mol. The van der Waals surface area contributed by atoms with Gasteiger partial charge in [0.2, 0.25) is 5.91 Å². The van der Waals surface area contributed by atoms with Crippen LogP contribution in [0.25, 0.3) is 0 Å². The standard InChI is InChI=1S/C9H18N2O2/c1-3-9(12)10-13-8-4-6-11(2)7-5-8/h8H,3-7H2,1-2H3,(H,10,12). The van der Waals surface area contributed by atoms with Crippen LogP contribution in [0.1, 0.15) is 26.2 Å². The minimum Gasteiger partial charge on any atom is -0.306 e. The fraction of sp³-hybridized carbons (Fsp3) is 0.889. The van der Waals surface area contributed by atoms with Gasteiger partial charge in [-0.05, 0) is 19.9 Å². The van der Waals surface area contributed by atoms with Crippen molar-refractivity contribution in [1.82, 2.24) is 10.4 Å². The molecule has 1 aliphatic rings. The van der Waals surface area contributed by atoms with Gasteiger partial charge >= 0.3 is 0 Å². The van der Waals surface area contributed by atoms with E-state index in [1.54, 1.807) is 0 Å². The number of rotatable bonds is 3. The molecule has 1 heterocycles. The molecular weight excluding hydrogens is 168 g/mol. The van der Waals surface area contributed by atoms with Gasteiger partial charge in [0.05, 0.1) is 6.10 Å². The maximum atomic E-state index is 10.9. The van der Waals surface area contributed by atoms with Crippen molar-refractivity contribution in [2.45, 2.75) is 32.3 Å². The number of carbonyl (C=O) groups is 1. The summed E-state index contributed by atoms with van der Waals surface area (Å²) in [6.07, 6.45) is 2.68. The van der Waals surface area contributed by atoms with Crippen LogP contribution in [0, 0.1) is 0 Å². The van der Waals surface area contributed by atoms with Crippen LogP contribution in [0.2, 0.25) is 0 Å². The number of amides is 1. The summed E-state index contributed by atoms with van der Waals surface area (Å²) in [6, 6.07) is 0. The Morgan fingerprint density at radius 3 is 2.69 bits per heavy atom. The number of nitrogens with one attached hydrogen (secondary N) is 1. The van der Waals surface area contributed by atoms with Crippen LogP contribution in [0.5, 0.6) is 0 Å². The summed E-state index contributed by atoms with van der Waals surface area (Å²) in [5.41, 5.74) is 2.46. The molecule has 1 aliphatic heterocycles. The molecule has 0 aromatic heterocycles. The lowest BCUT2D eigenvalue weighted by molar-refractivity contribution is -0.140. The van der Waals surface area contributed by atoms with E-state index in [1.807, 2.05) is 6.92 Å². The second-order valence-corrected chi connectivity index (χ2v) is 3.50. The van der Waals surface area contributed by atoms with Gasteiger partial charge in [0, 0.05) is 19.5 Å². The highest BCUT2D eigenvalue weighted by molar-refractivity contribution is 5.74. The van der Waals surface area contributed by atoms with Crippen LogP contribution in [-0.2, 0) is 9.63 Å². The lowest BCUT2D eigenvalue weighted by Crippen LogP contribution is -2.38. The van der Waals surface area contributed by atoms with Gasteiger partial charge in [-0.15, -0.1) is 0 Å². The quantitative estimate of drug-likeness (QED) is 0.654. The minimum absolute atomic E-state index is 0.0427. The molecule has 0 saturated carbocycles. The third kappa shape index (κ3) is 3.74. The molecule has 4 heteroatoms. The van der Waals surface area contributed by atoms with Crippen molar-refractivity contribution in [3.05, 3.63) is 0 Å². The first-order valence-electron chi connectivity index (χ1n) is 4.85. The van der Waals surface area contributed by atoms with Crippen LogP contribution in [-0.4, -0.2) is 37.0 Å². The largest absolute Gasteiger partial charge is 0.306 e. The van der Waals surface area contributed by atoms with E-state index in [0.29, 0.717) is 6.42 Å². The van der Waals surface area contributed by atoms with E-state index >= 15 is 0 Å². The van der Waals surface area contributed by atoms with Crippen LogP contribution in [0.3, 0.4) is 0 Å². The Kier molecular flexibility index (Phi) is 4.18. The summed E-state index contributed by atoms with van der Waals surface area (Å²) >= 11 is 0. The number of nitrogens with zero attached hydrogens (tertiary/aromatic N) is 1. The van der Waals surface area contributed by atoms with E-state index in [4.69, 9.17) is 4.84 Å². The molecule has 13 heavy (non-hydrogen) atoms. The van der Waals surface area contributed by atoms with Gasteiger partial charge in [0.25, 0.3) is 0 Å². The molecule has 0 aliphatic carbocycles. The van der Waals surface area contributed by atoms with Crippen LogP contribution >= 0.6 is 0 Å². The van der Waals surface area contributed by atoms with E-state index in [-0.39, 0.29) is 12.0 Å². The van der Waals surface area contributed by atoms with Crippen LogP contribution in [0.4, 0.5) is 0 Å². The predicted molar refractivity (Wildman–Crippen MR) is 50.0 cm³/mol. The van der Waals surface area contributed by atoms with Gasteiger partial charge in [-0.3, -0.25) is 9.63 Å². The topological polar surface area (TPSA) is 41.6 Å². The van der Waals surface area contributed by atoms with Crippen molar-refractivity contribution in [2.75, 3.05) is 20.1 Å². The number of hydrogen-bond acceptors (Lipinski definition) is 3. The number of hydroxylamine groups is 1. The Morgan fingerprint density at radius 1 is 1.54 bits per heavy atom. The summed E-state index contributed by atoms with van der Waals surface area (Å²) in [4.78, 5) is 18.4. The van der Waals surface area contributed by atoms with Gasteiger partial charge < -0.3 is 4.90 Å². The van der Waals surface area contributed by atoms with Gasteiger partial charge in [0.1, 0.15) is 0 Å². The fourth-order valence-corrected chi connectivity index (χ4v) is 1.32. The predicted octanol–water partition coefficient (Wildman–Crippen LogP) is 0.538. The third-order valence-corrected chi connectivity index (χ3v) is 2.33. The van der Waals surface area contributed by atoms with Gasteiger partial charge in [-0.1, -0.05) is 6.92 Å². The molecule has 4 nitrogen and oxygen atoms in total. The molecule has 1 saturated heterocycles. The van der Waals surface area contributed by atoms with E-state index in [1.165, 1.54) is 0 Å². The number of hydrogen-bond donors (Lipinski definition) is 1. The molecule has 1 fully saturated rings. The summed E-state index contributed by atoms with van der Waals surface area (Å²) in [7, 11) is 2.10. The normalized spacial score (nSPS) is 20.2. The summed E-state index contributed by atoms with van der Waals surface area (Å²) in [5, 5.41) is 0. The van der Waals surface area contributed by atoms with Crippen molar-refractivity contribution in [3.63, 3.8) is 0 Å². The Hall–Kier alpha value is -0.610. The monoisotopic (exact) mass is 186 g/mol. The van der Waals surface area contributed by atoms with Gasteiger partial charge in [-0.2, -0.15) is 0 Å². The van der Waals surface area contributed by atoms with Gasteiger partial charge in [0.15, 0.2) is 0 Å². The first kappa shape index (κ1) is 10.5. The minimum atomic E-state index is -0.0427. The molecule has 0 atom stereocenters. The molecular formula is C9H18N2O2. The first-order valence-corrected chi connectivity index (χ1v) is 4.85. The first-order chi connectivity index (χ1) is 6.22. The number of carbonyl (C=O) groups excluding carboxylic acids is 1. The lowest BCUT2D eigenvalue weighted by Gasteiger charge is -2.28. The molecule has 76 valence electrons. The van der Waals surface area contributed by atoms with Crippen molar-refractivity contribution in [1.29, 1.82) is 0 Å². The zero-order valence-electron chi connectivity index (χ0n) is 8.38. The SMILES string of the molecule is CCC(=O)NOC1CCN(C)CC1. The lowest BCUT2D eigenvalue weighted by atomic mass is 10.1. The molecule has 1 N–H and O–H groups in total. The van der Waals surface area contributed by atoms with Crippen molar-refractivity contribution < 1.29 is 9.63 Å². The second kappa shape index (κ2) is 5.19. The summed E-state index contributed by atoms with van der Waals surface area (Å²) in [6.45, 7) is 3.91.